The van der Waals surface area contributed by atoms with E-state index >= 15 is 0 Å². The number of anilines is 2. The Morgan fingerprint density at radius 3 is 2.81 bits per heavy atom. The molecule has 5 nitrogen and oxygen atoms in total. The van der Waals surface area contributed by atoms with Crippen LogP contribution in [0.3, 0.4) is 0 Å². The molecule has 21 heavy (non-hydrogen) atoms. The fraction of sp³-hybridized carbons (Fsp3) is 0.750. The lowest BCUT2D eigenvalue weighted by Gasteiger charge is -2.30. The van der Waals surface area contributed by atoms with E-state index in [1.165, 1.54) is 45.2 Å². The first kappa shape index (κ1) is 14.6. The lowest BCUT2D eigenvalue weighted by Crippen LogP contribution is -2.35. The van der Waals surface area contributed by atoms with Crippen molar-refractivity contribution in [3.05, 3.63) is 12.4 Å². The first-order valence-electron chi connectivity index (χ1n) is 8.30. The van der Waals surface area contributed by atoms with Crippen LogP contribution in [0.5, 0.6) is 0 Å². The van der Waals surface area contributed by atoms with Crippen LogP contribution in [0, 0.1) is 5.92 Å². The third-order valence-electron chi connectivity index (χ3n) is 4.63. The van der Waals surface area contributed by atoms with Gasteiger partial charge in [0.15, 0.2) is 0 Å². The van der Waals surface area contributed by atoms with Crippen molar-refractivity contribution in [1.82, 2.24) is 14.9 Å². The summed E-state index contributed by atoms with van der Waals surface area (Å²) < 4.78 is 0. The second kappa shape index (κ2) is 7.07. The molecule has 0 radical (unpaired) electrons. The first-order valence-corrected chi connectivity index (χ1v) is 8.30. The highest BCUT2D eigenvalue weighted by Crippen LogP contribution is 2.20. The van der Waals surface area contributed by atoms with E-state index in [1.54, 1.807) is 6.33 Å². The van der Waals surface area contributed by atoms with Crippen LogP contribution < -0.4 is 10.2 Å². The molecule has 0 spiro atoms. The third kappa shape index (κ3) is 4.06. The smallest absolute Gasteiger partial charge is 0.134 e. The summed E-state index contributed by atoms with van der Waals surface area (Å²) >= 11 is 0. The van der Waals surface area contributed by atoms with Crippen LogP contribution in [0.1, 0.15) is 32.1 Å². The van der Waals surface area contributed by atoms with Crippen LogP contribution >= 0.6 is 0 Å². The van der Waals surface area contributed by atoms with E-state index < -0.39 is 0 Å². The summed E-state index contributed by atoms with van der Waals surface area (Å²) in [5.41, 5.74) is 0. The molecule has 0 aromatic carbocycles. The zero-order valence-corrected chi connectivity index (χ0v) is 13.1. The Morgan fingerprint density at radius 2 is 2.00 bits per heavy atom. The molecule has 1 unspecified atom stereocenters. The molecule has 0 amide bonds. The summed E-state index contributed by atoms with van der Waals surface area (Å²) in [4.78, 5) is 13.6. The zero-order chi connectivity index (χ0) is 14.5. The lowest BCUT2D eigenvalue weighted by molar-refractivity contribution is 0.217. The molecular weight excluding hydrogens is 262 g/mol. The summed E-state index contributed by atoms with van der Waals surface area (Å²) in [6, 6.07) is 2.11. The molecule has 3 heterocycles. The topological polar surface area (TPSA) is 44.3 Å². The van der Waals surface area contributed by atoms with Gasteiger partial charge in [0.25, 0.3) is 0 Å². The molecule has 3 rings (SSSR count). The van der Waals surface area contributed by atoms with Gasteiger partial charge >= 0.3 is 0 Å². The standard InChI is InChI=1S/C16H27N5/c1-20-7-5-6-14(12-20)11-17-15-10-16(19-13-18-15)21-8-3-2-4-9-21/h10,13-14H,2-9,11-12H2,1H3,(H,17,18,19). The Morgan fingerprint density at radius 1 is 1.14 bits per heavy atom. The van der Waals surface area contributed by atoms with Gasteiger partial charge < -0.3 is 15.1 Å². The quantitative estimate of drug-likeness (QED) is 0.921. The molecule has 1 atom stereocenters. The monoisotopic (exact) mass is 289 g/mol. The van der Waals surface area contributed by atoms with Gasteiger partial charge in [0, 0.05) is 32.2 Å². The Kier molecular flexibility index (Phi) is 4.91. The average Bonchev–Trinajstić information content (AvgIpc) is 2.54. The van der Waals surface area contributed by atoms with Crippen LogP contribution in [-0.4, -0.2) is 54.6 Å². The predicted molar refractivity (Wildman–Crippen MR) is 86.8 cm³/mol. The van der Waals surface area contributed by atoms with Gasteiger partial charge in [0.05, 0.1) is 0 Å². The Bertz CT molecular complexity index is 444. The van der Waals surface area contributed by atoms with Crippen molar-refractivity contribution in [3.8, 4) is 0 Å². The maximum Gasteiger partial charge on any atom is 0.134 e. The van der Waals surface area contributed by atoms with Gasteiger partial charge in [-0.2, -0.15) is 0 Å². The average molecular weight is 289 g/mol. The van der Waals surface area contributed by atoms with Crippen LogP contribution in [0.4, 0.5) is 11.6 Å². The molecule has 0 saturated carbocycles. The van der Waals surface area contributed by atoms with E-state index in [0.717, 1.165) is 37.2 Å². The molecule has 2 fully saturated rings. The van der Waals surface area contributed by atoms with Crippen LogP contribution in [0.25, 0.3) is 0 Å². The number of aromatic nitrogens is 2. The Hall–Kier alpha value is -1.36. The lowest BCUT2D eigenvalue weighted by atomic mass is 9.98. The number of likely N-dealkylation sites (tertiary alicyclic amines) is 1. The minimum atomic E-state index is 0.733. The largest absolute Gasteiger partial charge is 0.370 e. The highest BCUT2D eigenvalue weighted by atomic mass is 15.2. The SMILES string of the molecule is CN1CCCC(CNc2cc(N3CCCCC3)ncn2)C1. The fourth-order valence-corrected chi connectivity index (χ4v) is 3.43. The minimum Gasteiger partial charge on any atom is -0.370 e. The summed E-state index contributed by atoms with van der Waals surface area (Å²) in [5, 5.41) is 3.51. The number of piperidine rings is 2. The summed E-state index contributed by atoms with van der Waals surface area (Å²) in [6.45, 7) is 5.70. The van der Waals surface area contributed by atoms with Gasteiger partial charge in [-0.25, -0.2) is 9.97 Å². The zero-order valence-electron chi connectivity index (χ0n) is 13.1. The molecule has 2 aliphatic heterocycles. The van der Waals surface area contributed by atoms with E-state index in [2.05, 4.69) is 38.2 Å². The van der Waals surface area contributed by atoms with Gasteiger partial charge in [-0.05, 0) is 51.6 Å². The maximum absolute atomic E-state index is 4.44. The van der Waals surface area contributed by atoms with E-state index in [4.69, 9.17) is 0 Å². The van der Waals surface area contributed by atoms with Crippen molar-refractivity contribution in [2.45, 2.75) is 32.1 Å². The van der Waals surface area contributed by atoms with Crippen molar-refractivity contribution in [3.63, 3.8) is 0 Å². The molecule has 1 N–H and O–H groups in total. The normalized spacial score (nSPS) is 24.0. The van der Waals surface area contributed by atoms with E-state index in [1.807, 2.05) is 0 Å². The van der Waals surface area contributed by atoms with Gasteiger partial charge in [0.2, 0.25) is 0 Å². The number of nitrogens with zero attached hydrogens (tertiary/aromatic N) is 4. The number of rotatable bonds is 4. The number of hydrogen-bond donors (Lipinski definition) is 1. The van der Waals surface area contributed by atoms with E-state index in [9.17, 15) is 0 Å². The fourth-order valence-electron chi connectivity index (χ4n) is 3.43. The van der Waals surface area contributed by atoms with Gasteiger partial charge in [-0.3, -0.25) is 0 Å². The molecule has 2 aliphatic rings. The predicted octanol–water partition coefficient (Wildman–Crippen LogP) is 2.22. The van der Waals surface area contributed by atoms with E-state index in [-0.39, 0.29) is 0 Å². The molecule has 0 bridgehead atoms. The van der Waals surface area contributed by atoms with Crippen molar-refractivity contribution in [1.29, 1.82) is 0 Å². The molecule has 1 aromatic rings. The molecule has 0 aliphatic carbocycles. The second-order valence-corrected chi connectivity index (χ2v) is 6.46. The van der Waals surface area contributed by atoms with Gasteiger partial charge in [-0.1, -0.05) is 0 Å². The molecule has 116 valence electrons. The van der Waals surface area contributed by atoms with Gasteiger partial charge in [-0.15, -0.1) is 0 Å². The number of hydrogen-bond acceptors (Lipinski definition) is 5. The van der Waals surface area contributed by atoms with Crippen molar-refractivity contribution in [2.75, 3.05) is 50.0 Å². The maximum atomic E-state index is 4.44. The third-order valence-corrected chi connectivity index (χ3v) is 4.63. The number of nitrogens with one attached hydrogen (secondary N) is 1. The van der Waals surface area contributed by atoms with E-state index in [0.29, 0.717) is 0 Å². The van der Waals surface area contributed by atoms with Crippen molar-refractivity contribution < 1.29 is 0 Å². The van der Waals surface area contributed by atoms with Crippen LogP contribution in [0.2, 0.25) is 0 Å². The highest BCUT2D eigenvalue weighted by molar-refractivity contribution is 5.48. The summed E-state index contributed by atoms with van der Waals surface area (Å²) in [6.07, 6.45) is 8.23. The minimum absolute atomic E-state index is 0.733. The molecular formula is C16H27N5. The molecule has 5 heteroatoms. The van der Waals surface area contributed by atoms with Crippen LogP contribution in [-0.2, 0) is 0 Å². The summed E-state index contributed by atoms with van der Waals surface area (Å²) in [7, 11) is 2.21. The Labute approximate surface area is 127 Å². The van der Waals surface area contributed by atoms with Crippen LogP contribution in [0.15, 0.2) is 12.4 Å². The van der Waals surface area contributed by atoms with Gasteiger partial charge in [0.1, 0.15) is 18.0 Å². The molecule has 2 saturated heterocycles. The highest BCUT2D eigenvalue weighted by Gasteiger charge is 2.17. The summed E-state index contributed by atoms with van der Waals surface area (Å²) in [5.74, 6) is 2.78. The first-order chi connectivity index (χ1) is 10.3. The molecule has 1 aromatic heterocycles. The van der Waals surface area contributed by atoms with Crippen molar-refractivity contribution in [2.24, 2.45) is 5.92 Å². The Balaban J connectivity index is 1.55. The second-order valence-electron chi connectivity index (χ2n) is 6.46. The van der Waals surface area contributed by atoms with Crippen molar-refractivity contribution >= 4 is 11.6 Å².